The van der Waals surface area contributed by atoms with E-state index in [0.717, 1.165) is 57.8 Å². The molecule has 0 spiro atoms. The molecule has 3 unspecified atom stereocenters. The van der Waals surface area contributed by atoms with Crippen molar-refractivity contribution in [2.75, 3.05) is 47.5 Å². The number of rotatable bonds is 37. The highest BCUT2D eigenvalue weighted by Gasteiger charge is 2.36. The fourth-order valence-electron chi connectivity index (χ4n) is 6.02. The van der Waals surface area contributed by atoms with Crippen LogP contribution in [-0.2, 0) is 37.4 Å². The summed E-state index contributed by atoms with van der Waals surface area (Å²) in [5.41, 5.74) is 0. The van der Waals surface area contributed by atoms with E-state index in [1.807, 2.05) is 21.1 Å². The lowest BCUT2D eigenvalue weighted by molar-refractivity contribution is -0.870. The highest BCUT2D eigenvalue weighted by atomic mass is 31.2. The first-order valence-corrected chi connectivity index (χ1v) is 22.5. The van der Waals surface area contributed by atoms with Gasteiger partial charge in [0.05, 0.1) is 40.0 Å². The predicted molar refractivity (Wildman–Crippen MR) is 210 cm³/mol. The summed E-state index contributed by atoms with van der Waals surface area (Å²) in [6.07, 6.45) is 31.3. The van der Waals surface area contributed by atoms with Crippen molar-refractivity contribution in [2.45, 2.75) is 193 Å². The molecule has 1 N–H and O–H groups in total. The van der Waals surface area contributed by atoms with Gasteiger partial charge in [-0.05, 0) is 38.5 Å². The molecule has 10 nitrogen and oxygen atoms in total. The average molecular weight is 761 g/mol. The number of hydrogen-bond acceptors (Lipinski definition) is 8. The van der Waals surface area contributed by atoms with E-state index in [9.17, 15) is 19.0 Å². The molecule has 0 aromatic rings. The van der Waals surface area contributed by atoms with Crippen molar-refractivity contribution in [3.8, 4) is 0 Å². The molecule has 0 aliphatic carbocycles. The molecule has 0 aromatic carbocycles. The van der Waals surface area contributed by atoms with E-state index in [2.05, 4.69) is 26.0 Å². The number of phosphoric acid groups is 1. The zero-order valence-corrected chi connectivity index (χ0v) is 34.9. The van der Waals surface area contributed by atoms with Crippen LogP contribution in [0, 0.1) is 0 Å². The summed E-state index contributed by atoms with van der Waals surface area (Å²) < 4.78 is 40.0. The lowest BCUT2D eigenvalue weighted by atomic mass is 10.0. The normalized spacial score (nSPS) is 17.7. The van der Waals surface area contributed by atoms with Crippen molar-refractivity contribution in [3.05, 3.63) is 12.2 Å². The topological polar surface area (TPSA) is 121 Å². The summed E-state index contributed by atoms with van der Waals surface area (Å²) in [6.45, 7) is 4.36. The van der Waals surface area contributed by atoms with Gasteiger partial charge in [-0.25, -0.2) is 4.57 Å². The van der Waals surface area contributed by atoms with Gasteiger partial charge in [0.25, 0.3) is 0 Å². The van der Waals surface area contributed by atoms with Crippen molar-refractivity contribution in [1.82, 2.24) is 0 Å². The zero-order chi connectivity index (χ0) is 38.3. The second-order valence-corrected chi connectivity index (χ2v) is 17.2. The molecular formula is C41H79NO9P+. The van der Waals surface area contributed by atoms with E-state index in [1.165, 1.54) is 83.5 Å². The number of likely N-dealkylation sites (N-methyl/N-ethyl adjacent to an activating group) is 1. The molecule has 0 aromatic heterocycles. The number of epoxide rings is 1. The third kappa shape index (κ3) is 31.1. The predicted octanol–water partition coefficient (Wildman–Crippen LogP) is 10.4. The van der Waals surface area contributed by atoms with Crippen LogP contribution in [0.1, 0.15) is 174 Å². The summed E-state index contributed by atoms with van der Waals surface area (Å²) in [6, 6.07) is 0. The number of hydrogen-bond donors (Lipinski definition) is 1. The number of ether oxygens (including phenoxy) is 3. The molecule has 1 fully saturated rings. The SMILES string of the molecule is CCCCC/C=C\CC1OC1CCCCCCCC(=O)OC[C@H](COP(=O)(O)OCC[N+](C)(C)C)OC(=O)CCCCCCCCCCCCCC. The summed E-state index contributed by atoms with van der Waals surface area (Å²) in [5.74, 6) is -0.817. The van der Waals surface area contributed by atoms with Crippen LogP contribution < -0.4 is 0 Å². The number of allylic oxidation sites excluding steroid dienone is 1. The van der Waals surface area contributed by atoms with Gasteiger partial charge in [0.15, 0.2) is 6.10 Å². The third-order valence-electron chi connectivity index (χ3n) is 9.47. The molecule has 1 heterocycles. The molecule has 1 saturated heterocycles. The Morgan fingerprint density at radius 2 is 1.23 bits per heavy atom. The molecule has 4 atom stereocenters. The molecule has 0 bridgehead atoms. The van der Waals surface area contributed by atoms with Gasteiger partial charge in [0.2, 0.25) is 0 Å². The molecule has 306 valence electrons. The van der Waals surface area contributed by atoms with E-state index < -0.39 is 26.5 Å². The van der Waals surface area contributed by atoms with Crippen LogP contribution in [0.2, 0.25) is 0 Å². The fraction of sp³-hybridized carbons (Fsp3) is 0.902. The van der Waals surface area contributed by atoms with E-state index in [4.69, 9.17) is 23.3 Å². The van der Waals surface area contributed by atoms with Crippen LogP contribution in [0.15, 0.2) is 12.2 Å². The first kappa shape index (κ1) is 48.7. The number of quaternary nitrogens is 1. The van der Waals surface area contributed by atoms with Crippen molar-refractivity contribution in [3.63, 3.8) is 0 Å². The van der Waals surface area contributed by atoms with Gasteiger partial charge >= 0.3 is 19.8 Å². The van der Waals surface area contributed by atoms with E-state index >= 15 is 0 Å². The maximum absolute atomic E-state index is 12.6. The summed E-state index contributed by atoms with van der Waals surface area (Å²) in [4.78, 5) is 35.3. The zero-order valence-electron chi connectivity index (χ0n) is 34.0. The molecule has 11 heteroatoms. The molecule has 1 aliphatic rings. The highest BCUT2D eigenvalue weighted by molar-refractivity contribution is 7.47. The summed E-state index contributed by atoms with van der Waals surface area (Å²) >= 11 is 0. The van der Waals surface area contributed by atoms with Crippen molar-refractivity contribution in [2.24, 2.45) is 0 Å². The number of carbonyl (C=O) groups is 2. The highest BCUT2D eigenvalue weighted by Crippen LogP contribution is 2.43. The number of phosphoric ester groups is 1. The van der Waals surface area contributed by atoms with E-state index in [-0.39, 0.29) is 32.0 Å². The Kier molecular flexibility index (Phi) is 29.0. The minimum Gasteiger partial charge on any atom is -0.462 e. The lowest BCUT2D eigenvalue weighted by Crippen LogP contribution is -2.37. The molecule has 0 amide bonds. The Morgan fingerprint density at radius 3 is 1.83 bits per heavy atom. The smallest absolute Gasteiger partial charge is 0.462 e. The van der Waals surface area contributed by atoms with Crippen molar-refractivity contribution < 1.29 is 46.8 Å². The van der Waals surface area contributed by atoms with E-state index in [0.29, 0.717) is 29.7 Å². The standard InChI is InChI=1S/C41H78NO9P/c1-6-8-10-12-14-15-16-17-18-19-23-28-32-41(44)50-37(36-49-52(45,46)48-34-33-42(3,4)5)35-47-40(43)31-27-24-20-22-26-30-39-38(51-39)29-25-21-13-11-9-7-2/h21,25,37-39H,6-20,22-24,26-36H2,1-5H3/p+1/b25-21-/t37-,38?,39?/m1/s1. The Bertz CT molecular complexity index is 970. The van der Waals surface area contributed by atoms with Gasteiger partial charge in [0, 0.05) is 12.8 Å². The Morgan fingerprint density at radius 1 is 0.692 bits per heavy atom. The van der Waals surface area contributed by atoms with Crippen LogP contribution in [0.25, 0.3) is 0 Å². The molecule has 0 radical (unpaired) electrons. The van der Waals surface area contributed by atoms with Crippen LogP contribution in [0.3, 0.4) is 0 Å². The lowest BCUT2D eigenvalue weighted by Gasteiger charge is -2.24. The maximum atomic E-state index is 12.6. The first-order chi connectivity index (χ1) is 25.0. The Balaban J connectivity index is 2.30. The number of nitrogens with zero attached hydrogens (tertiary/aromatic N) is 1. The molecule has 52 heavy (non-hydrogen) atoms. The number of carbonyl (C=O) groups excluding carboxylic acids is 2. The van der Waals surface area contributed by atoms with Gasteiger partial charge in [-0.3, -0.25) is 18.6 Å². The number of esters is 2. The Hall–Kier alpha value is -1.29. The van der Waals surface area contributed by atoms with Crippen molar-refractivity contribution >= 4 is 19.8 Å². The average Bonchev–Trinajstić information content (AvgIpc) is 3.84. The summed E-state index contributed by atoms with van der Waals surface area (Å²) in [7, 11) is 1.47. The molecule has 1 aliphatic heterocycles. The van der Waals surface area contributed by atoms with Gasteiger partial charge in [0.1, 0.15) is 19.8 Å². The van der Waals surface area contributed by atoms with Crippen LogP contribution in [-0.4, -0.2) is 87.1 Å². The molecule has 0 saturated carbocycles. The number of unbranched alkanes of at least 4 members (excludes halogenated alkanes) is 18. The van der Waals surface area contributed by atoms with Crippen LogP contribution >= 0.6 is 7.82 Å². The van der Waals surface area contributed by atoms with Gasteiger partial charge in [-0.2, -0.15) is 0 Å². The monoisotopic (exact) mass is 761 g/mol. The maximum Gasteiger partial charge on any atom is 0.472 e. The third-order valence-corrected chi connectivity index (χ3v) is 10.5. The minimum atomic E-state index is -4.37. The van der Waals surface area contributed by atoms with Gasteiger partial charge in [-0.1, -0.05) is 135 Å². The second kappa shape index (κ2) is 31.0. The fourth-order valence-corrected chi connectivity index (χ4v) is 6.76. The Labute approximate surface area is 318 Å². The molecule has 1 rings (SSSR count). The quantitative estimate of drug-likeness (QED) is 0.0165. The van der Waals surface area contributed by atoms with Gasteiger partial charge in [-0.15, -0.1) is 0 Å². The van der Waals surface area contributed by atoms with Crippen molar-refractivity contribution in [1.29, 1.82) is 0 Å². The second-order valence-electron chi connectivity index (χ2n) is 15.8. The van der Waals surface area contributed by atoms with Crippen LogP contribution in [0.4, 0.5) is 0 Å². The van der Waals surface area contributed by atoms with Crippen LogP contribution in [0.5, 0.6) is 0 Å². The summed E-state index contributed by atoms with van der Waals surface area (Å²) in [5, 5.41) is 0. The van der Waals surface area contributed by atoms with Gasteiger partial charge < -0.3 is 23.6 Å². The van der Waals surface area contributed by atoms with E-state index in [1.54, 1.807) is 0 Å². The largest absolute Gasteiger partial charge is 0.472 e. The molecular weight excluding hydrogens is 681 g/mol. The first-order valence-electron chi connectivity index (χ1n) is 21.0. The minimum absolute atomic E-state index is 0.0292.